The van der Waals surface area contributed by atoms with Gasteiger partial charge in [-0.05, 0) is 51.0 Å². The molecular weight excluding hydrogens is 465 g/mol. The van der Waals surface area contributed by atoms with Crippen LogP contribution in [-0.2, 0) is 14.3 Å². The summed E-state index contributed by atoms with van der Waals surface area (Å²) in [4.78, 5) is 37.2. The lowest BCUT2D eigenvalue weighted by atomic mass is 10.1. The van der Waals surface area contributed by atoms with Crippen molar-refractivity contribution < 1.29 is 28.6 Å². The van der Waals surface area contributed by atoms with Gasteiger partial charge in [0.2, 0.25) is 5.91 Å². The summed E-state index contributed by atoms with van der Waals surface area (Å²) >= 11 is 12.9. The smallest absolute Gasteiger partial charge is 0.348 e. The largest absolute Gasteiger partial charge is 0.492 e. The van der Waals surface area contributed by atoms with Crippen LogP contribution in [-0.4, -0.2) is 37.7 Å². The summed E-state index contributed by atoms with van der Waals surface area (Å²) in [6.45, 7) is 5.61. The Labute approximate surface area is 194 Å². The molecule has 0 spiro atoms. The topological polar surface area (TPSA) is 90.9 Å². The minimum absolute atomic E-state index is 0.138. The van der Waals surface area contributed by atoms with E-state index < -0.39 is 11.9 Å². The number of carbonyl (C=O) groups is 3. The highest BCUT2D eigenvalue weighted by molar-refractivity contribution is 7.18. The number of rotatable bonds is 10. The minimum Gasteiger partial charge on any atom is -0.492 e. The molecule has 31 heavy (non-hydrogen) atoms. The zero-order chi connectivity index (χ0) is 23.0. The molecule has 10 heteroatoms. The van der Waals surface area contributed by atoms with E-state index in [0.29, 0.717) is 27.8 Å². The van der Waals surface area contributed by atoms with Crippen molar-refractivity contribution in [2.45, 2.75) is 33.6 Å². The van der Waals surface area contributed by atoms with Gasteiger partial charge in [-0.3, -0.25) is 4.79 Å². The van der Waals surface area contributed by atoms with Gasteiger partial charge < -0.3 is 19.5 Å². The third-order valence-electron chi connectivity index (χ3n) is 4.04. The van der Waals surface area contributed by atoms with Crippen molar-refractivity contribution in [3.05, 3.63) is 44.2 Å². The van der Waals surface area contributed by atoms with Crippen LogP contribution in [0.1, 0.15) is 52.3 Å². The van der Waals surface area contributed by atoms with Gasteiger partial charge in [0, 0.05) is 11.4 Å². The van der Waals surface area contributed by atoms with E-state index in [4.69, 9.17) is 37.4 Å². The Balaban J connectivity index is 2.02. The maximum absolute atomic E-state index is 12.4. The van der Waals surface area contributed by atoms with E-state index in [2.05, 4.69) is 5.32 Å². The van der Waals surface area contributed by atoms with Crippen LogP contribution < -0.4 is 10.1 Å². The lowest BCUT2D eigenvalue weighted by Crippen LogP contribution is -2.15. The molecule has 0 bridgehead atoms. The molecule has 0 aliphatic heterocycles. The average molecular weight is 488 g/mol. The average Bonchev–Trinajstić information content (AvgIpc) is 3.03. The summed E-state index contributed by atoms with van der Waals surface area (Å²) in [6, 6.07) is 4.89. The third-order valence-corrected chi connectivity index (χ3v) is 5.76. The molecule has 0 aliphatic carbocycles. The molecule has 2 aromatic rings. The second-order valence-corrected chi connectivity index (χ2v) is 8.14. The Hall–Kier alpha value is -2.29. The normalized spacial score (nSPS) is 10.5. The van der Waals surface area contributed by atoms with Crippen LogP contribution in [0, 0.1) is 6.92 Å². The van der Waals surface area contributed by atoms with Crippen LogP contribution in [0.25, 0.3) is 0 Å². The number of thiophene rings is 1. The van der Waals surface area contributed by atoms with E-state index in [9.17, 15) is 14.4 Å². The van der Waals surface area contributed by atoms with E-state index in [1.165, 1.54) is 0 Å². The quantitative estimate of drug-likeness (QED) is 0.350. The SMILES string of the molecule is CCOC(=O)c1sc(NC(=O)CCCOc2ccc(Cl)cc2Cl)c(C(=O)OCC)c1C. The fraction of sp³-hybridized carbons (Fsp3) is 0.381. The Bertz CT molecular complexity index is 960. The first kappa shape index (κ1) is 25.0. The molecule has 0 saturated heterocycles. The van der Waals surface area contributed by atoms with Crippen LogP contribution in [0.2, 0.25) is 10.0 Å². The maximum atomic E-state index is 12.4. The van der Waals surface area contributed by atoms with Crippen molar-refractivity contribution >= 4 is 57.4 Å². The predicted molar refractivity (Wildman–Crippen MR) is 121 cm³/mol. The van der Waals surface area contributed by atoms with Gasteiger partial charge in [-0.15, -0.1) is 11.3 Å². The van der Waals surface area contributed by atoms with Gasteiger partial charge >= 0.3 is 11.9 Å². The highest BCUT2D eigenvalue weighted by Crippen LogP contribution is 2.34. The molecule has 1 aromatic carbocycles. The number of ether oxygens (including phenoxy) is 3. The van der Waals surface area contributed by atoms with Gasteiger partial charge in [-0.1, -0.05) is 23.2 Å². The Kier molecular flexibility index (Phi) is 9.61. The number of amides is 1. The summed E-state index contributed by atoms with van der Waals surface area (Å²) in [5.74, 6) is -1.01. The predicted octanol–water partition coefficient (Wildman–Crippen LogP) is 5.51. The molecule has 7 nitrogen and oxygen atoms in total. The number of benzene rings is 1. The van der Waals surface area contributed by atoms with Crippen LogP contribution in [0.4, 0.5) is 5.00 Å². The number of hydrogen-bond acceptors (Lipinski definition) is 7. The van der Waals surface area contributed by atoms with E-state index in [1.54, 1.807) is 39.0 Å². The fourth-order valence-corrected chi connectivity index (χ4v) is 4.21. The molecule has 168 valence electrons. The van der Waals surface area contributed by atoms with Crippen molar-refractivity contribution in [1.29, 1.82) is 0 Å². The second-order valence-electron chi connectivity index (χ2n) is 6.28. The number of hydrogen-bond donors (Lipinski definition) is 1. The van der Waals surface area contributed by atoms with Crippen molar-refractivity contribution in [1.82, 2.24) is 0 Å². The molecular formula is C21H23Cl2NO6S. The Morgan fingerprint density at radius 2 is 1.74 bits per heavy atom. The fourth-order valence-electron chi connectivity index (χ4n) is 2.64. The maximum Gasteiger partial charge on any atom is 0.348 e. The van der Waals surface area contributed by atoms with Crippen LogP contribution in [0.3, 0.4) is 0 Å². The van der Waals surface area contributed by atoms with E-state index in [-0.39, 0.29) is 47.6 Å². The molecule has 0 atom stereocenters. The van der Waals surface area contributed by atoms with Gasteiger partial charge in [0.15, 0.2) is 0 Å². The lowest BCUT2D eigenvalue weighted by Gasteiger charge is -2.09. The van der Waals surface area contributed by atoms with Crippen molar-refractivity contribution in [2.75, 3.05) is 25.1 Å². The summed E-state index contributed by atoms with van der Waals surface area (Å²) < 4.78 is 15.7. The zero-order valence-corrected chi connectivity index (χ0v) is 19.7. The van der Waals surface area contributed by atoms with Gasteiger partial charge in [0.05, 0.1) is 30.4 Å². The Morgan fingerprint density at radius 3 is 2.39 bits per heavy atom. The van der Waals surface area contributed by atoms with Gasteiger partial charge in [-0.2, -0.15) is 0 Å². The number of nitrogens with one attached hydrogen (secondary N) is 1. The van der Waals surface area contributed by atoms with Crippen molar-refractivity contribution in [3.8, 4) is 5.75 Å². The molecule has 1 amide bonds. The number of anilines is 1. The molecule has 0 unspecified atom stereocenters. The third kappa shape index (κ3) is 6.85. The van der Waals surface area contributed by atoms with Crippen LogP contribution in [0.15, 0.2) is 18.2 Å². The monoisotopic (exact) mass is 487 g/mol. The first-order valence-corrected chi connectivity index (χ1v) is 11.2. The second kappa shape index (κ2) is 11.9. The summed E-state index contributed by atoms with van der Waals surface area (Å²) in [5, 5.41) is 3.84. The highest BCUT2D eigenvalue weighted by Gasteiger charge is 2.27. The molecule has 0 aliphatic rings. The van der Waals surface area contributed by atoms with Gasteiger partial charge in [-0.25, -0.2) is 9.59 Å². The summed E-state index contributed by atoms with van der Waals surface area (Å²) in [7, 11) is 0. The standard InChI is InChI=1S/C21H23Cl2NO6S/c1-4-28-20(26)17-12(3)18(21(27)29-5-2)31-19(17)24-16(25)7-6-10-30-15-9-8-13(22)11-14(15)23/h8-9,11H,4-7,10H2,1-3H3,(H,24,25). The molecule has 2 rings (SSSR count). The first-order chi connectivity index (χ1) is 14.8. The molecule has 0 radical (unpaired) electrons. The Morgan fingerprint density at radius 1 is 1.06 bits per heavy atom. The molecule has 0 fully saturated rings. The molecule has 1 heterocycles. The van der Waals surface area contributed by atoms with Crippen LogP contribution >= 0.6 is 34.5 Å². The molecule has 1 N–H and O–H groups in total. The lowest BCUT2D eigenvalue weighted by molar-refractivity contribution is -0.116. The molecule has 0 saturated carbocycles. The molecule has 1 aromatic heterocycles. The van der Waals surface area contributed by atoms with Crippen molar-refractivity contribution in [2.24, 2.45) is 0 Å². The number of halogens is 2. The zero-order valence-electron chi connectivity index (χ0n) is 17.4. The van der Waals surface area contributed by atoms with Gasteiger partial charge in [0.25, 0.3) is 0 Å². The highest BCUT2D eigenvalue weighted by atomic mass is 35.5. The number of esters is 2. The van der Waals surface area contributed by atoms with Crippen molar-refractivity contribution in [3.63, 3.8) is 0 Å². The van der Waals surface area contributed by atoms with E-state index in [1.807, 2.05) is 0 Å². The van der Waals surface area contributed by atoms with E-state index >= 15 is 0 Å². The van der Waals surface area contributed by atoms with E-state index in [0.717, 1.165) is 11.3 Å². The minimum atomic E-state index is -0.609. The number of carbonyl (C=O) groups excluding carboxylic acids is 3. The van der Waals surface area contributed by atoms with Gasteiger partial charge in [0.1, 0.15) is 15.6 Å². The summed E-state index contributed by atoms with van der Waals surface area (Å²) in [5.41, 5.74) is 0.574. The van der Waals surface area contributed by atoms with Crippen LogP contribution in [0.5, 0.6) is 5.75 Å². The summed E-state index contributed by atoms with van der Waals surface area (Å²) in [6.07, 6.45) is 0.549. The first-order valence-electron chi connectivity index (χ1n) is 9.63.